The summed E-state index contributed by atoms with van der Waals surface area (Å²) >= 11 is 0. The van der Waals surface area contributed by atoms with E-state index in [-0.39, 0.29) is 18.3 Å². The van der Waals surface area contributed by atoms with Crippen molar-refractivity contribution in [1.29, 1.82) is 0 Å². The number of aliphatic hydroxyl groups excluding tert-OH is 1. The van der Waals surface area contributed by atoms with Crippen molar-refractivity contribution >= 4 is 11.0 Å². The third-order valence-corrected chi connectivity index (χ3v) is 3.14. The van der Waals surface area contributed by atoms with Crippen LogP contribution in [-0.4, -0.2) is 52.8 Å². The van der Waals surface area contributed by atoms with Crippen LogP contribution in [0.5, 0.6) is 0 Å². The van der Waals surface area contributed by atoms with E-state index in [1.165, 1.54) is 0 Å². The Balaban J connectivity index is 1.95. The number of H-pyrrole nitrogens is 2. The fraction of sp³-hybridized carbons (Fsp3) is 0.462. The lowest BCUT2D eigenvalue weighted by Gasteiger charge is -2.19. The third-order valence-electron chi connectivity index (χ3n) is 3.14. The van der Waals surface area contributed by atoms with Crippen molar-refractivity contribution in [3.63, 3.8) is 0 Å². The van der Waals surface area contributed by atoms with Crippen molar-refractivity contribution in [3.05, 3.63) is 34.2 Å². The van der Waals surface area contributed by atoms with Gasteiger partial charge in [0.2, 0.25) is 0 Å². The predicted molar refractivity (Wildman–Crippen MR) is 75.2 cm³/mol. The van der Waals surface area contributed by atoms with Gasteiger partial charge in [0, 0.05) is 19.1 Å². The van der Waals surface area contributed by atoms with Crippen molar-refractivity contribution in [3.8, 4) is 0 Å². The zero-order valence-corrected chi connectivity index (χ0v) is 11.0. The van der Waals surface area contributed by atoms with E-state index in [9.17, 15) is 4.79 Å². The molecule has 1 aromatic carbocycles. The number of rotatable bonds is 6. The Morgan fingerprint density at radius 3 is 2.84 bits per heavy atom. The Hall–Kier alpha value is -1.63. The van der Waals surface area contributed by atoms with Crippen molar-refractivity contribution in [1.82, 2.24) is 14.9 Å². The SMILES string of the molecule is CN(CCc1ccc2[nH]c(=O)[nH]c2c1)CC(N)CO. The maximum Gasteiger partial charge on any atom is 0.323 e. The van der Waals surface area contributed by atoms with E-state index >= 15 is 0 Å². The molecule has 1 unspecified atom stereocenters. The van der Waals surface area contributed by atoms with E-state index in [2.05, 4.69) is 14.9 Å². The fourth-order valence-electron chi connectivity index (χ4n) is 2.10. The third kappa shape index (κ3) is 3.66. The molecule has 1 aromatic heterocycles. The highest BCUT2D eigenvalue weighted by Gasteiger charge is 2.06. The summed E-state index contributed by atoms with van der Waals surface area (Å²) in [5.74, 6) is 0. The summed E-state index contributed by atoms with van der Waals surface area (Å²) in [7, 11) is 1.98. The molecule has 6 nitrogen and oxygen atoms in total. The molecule has 0 bridgehead atoms. The van der Waals surface area contributed by atoms with Gasteiger partial charge in [0.1, 0.15) is 0 Å². The molecule has 1 heterocycles. The smallest absolute Gasteiger partial charge is 0.323 e. The number of fused-ring (bicyclic) bond motifs is 1. The maximum atomic E-state index is 11.2. The van der Waals surface area contributed by atoms with Crippen LogP contribution in [0.4, 0.5) is 0 Å². The Morgan fingerprint density at radius 2 is 2.11 bits per heavy atom. The number of aliphatic hydroxyl groups is 1. The lowest BCUT2D eigenvalue weighted by Crippen LogP contribution is -2.38. The average molecular weight is 264 g/mol. The van der Waals surface area contributed by atoms with Gasteiger partial charge in [0.25, 0.3) is 0 Å². The molecule has 0 radical (unpaired) electrons. The zero-order chi connectivity index (χ0) is 13.8. The number of nitrogens with two attached hydrogens (primary N) is 1. The van der Waals surface area contributed by atoms with Crippen LogP contribution >= 0.6 is 0 Å². The number of likely N-dealkylation sites (N-methyl/N-ethyl adjacent to an activating group) is 1. The quantitative estimate of drug-likeness (QED) is 0.573. The van der Waals surface area contributed by atoms with Gasteiger partial charge in [0.05, 0.1) is 17.6 Å². The lowest BCUT2D eigenvalue weighted by atomic mass is 10.1. The van der Waals surface area contributed by atoms with E-state index in [4.69, 9.17) is 10.8 Å². The molecule has 0 aliphatic rings. The first-order valence-electron chi connectivity index (χ1n) is 6.34. The molecule has 0 saturated carbocycles. The minimum absolute atomic E-state index is 0.000879. The van der Waals surface area contributed by atoms with E-state index in [0.717, 1.165) is 29.6 Å². The highest BCUT2D eigenvalue weighted by molar-refractivity contribution is 5.74. The van der Waals surface area contributed by atoms with Gasteiger partial charge in [-0.2, -0.15) is 0 Å². The number of nitrogens with zero attached hydrogens (tertiary/aromatic N) is 1. The van der Waals surface area contributed by atoms with Gasteiger partial charge in [-0.05, 0) is 31.2 Å². The van der Waals surface area contributed by atoms with Crippen LogP contribution in [0.3, 0.4) is 0 Å². The Labute approximate surface area is 111 Å². The molecule has 0 saturated heterocycles. The topological polar surface area (TPSA) is 98.1 Å². The molecule has 0 aliphatic carbocycles. The second-order valence-electron chi connectivity index (χ2n) is 4.91. The number of hydrogen-bond donors (Lipinski definition) is 4. The summed E-state index contributed by atoms with van der Waals surface area (Å²) in [6, 6.07) is 5.69. The fourth-order valence-corrected chi connectivity index (χ4v) is 2.10. The first kappa shape index (κ1) is 13.8. The van der Waals surface area contributed by atoms with Crippen LogP contribution in [-0.2, 0) is 6.42 Å². The molecule has 5 N–H and O–H groups in total. The summed E-state index contributed by atoms with van der Waals surface area (Å²) < 4.78 is 0. The second kappa shape index (κ2) is 6.01. The summed E-state index contributed by atoms with van der Waals surface area (Å²) in [6.07, 6.45) is 0.873. The van der Waals surface area contributed by atoms with Gasteiger partial charge in [0.15, 0.2) is 0 Å². The number of imidazole rings is 1. The van der Waals surface area contributed by atoms with Crippen molar-refractivity contribution in [2.45, 2.75) is 12.5 Å². The van der Waals surface area contributed by atoms with Crippen molar-refractivity contribution in [2.75, 3.05) is 26.7 Å². The number of aromatic nitrogens is 2. The van der Waals surface area contributed by atoms with E-state index in [1.807, 2.05) is 25.2 Å². The summed E-state index contributed by atoms with van der Waals surface area (Å²) in [6.45, 7) is 1.52. The van der Waals surface area contributed by atoms with Gasteiger partial charge in [-0.15, -0.1) is 0 Å². The highest BCUT2D eigenvalue weighted by atomic mass is 16.3. The van der Waals surface area contributed by atoms with Crippen LogP contribution < -0.4 is 11.4 Å². The number of benzene rings is 1. The summed E-state index contributed by atoms with van der Waals surface area (Å²) in [5.41, 5.74) is 8.32. The monoisotopic (exact) mass is 264 g/mol. The maximum absolute atomic E-state index is 11.2. The molecule has 2 rings (SSSR count). The molecule has 1 atom stereocenters. The molecule has 0 spiro atoms. The molecule has 19 heavy (non-hydrogen) atoms. The van der Waals surface area contributed by atoms with Crippen molar-refractivity contribution in [2.24, 2.45) is 5.73 Å². The highest BCUT2D eigenvalue weighted by Crippen LogP contribution is 2.10. The average Bonchev–Trinajstić information content (AvgIpc) is 2.75. The molecule has 2 aromatic rings. The number of hydrogen-bond acceptors (Lipinski definition) is 4. The van der Waals surface area contributed by atoms with Gasteiger partial charge in [-0.25, -0.2) is 4.79 Å². The second-order valence-corrected chi connectivity index (χ2v) is 4.91. The van der Waals surface area contributed by atoms with E-state index in [0.29, 0.717) is 6.54 Å². The van der Waals surface area contributed by atoms with Gasteiger partial charge >= 0.3 is 5.69 Å². The molecule has 0 amide bonds. The summed E-state index contributed by atoms with van der Waals surface area (Å²) in [5, 5.41) is 8.90. The Morgan fingerprint density at radius 1 is 1.37 bits per heavy atom. The van der Waals surface area contributed by atoms with Gasteiger partial charge in [-0.1, -0.05) is 6.07 Å². The lowest BCUT2D eigenvalue weighted by molar-refractivity contribution is 0.223. The first-order valence-corrected chi connectivity index (χ1v) is 6.34. The molecule has 6 heteroatoms. The standard InChI is InChI=1S/C13H20N4O2/c1-17(7-10(14)8-18)5-4-9-2-3-11-12(6-9)16-13(19)15-11/h2-3,6,10,18H,4-5,7-8,14H2,1H3,(H2,15,16,19). The largest absolute Gasteiger partial charge is 0.395 e. The Bertz CT molecular complexity index is 590. The summed E-state index contributed by atoms with van der Waals surface area (Å²) in [4.78, 5) is 18.7. The minimum atomic E-state index is -0.200. The van der Waals surface area contributed by atoms with E-state index < -0.39 is 0 Å². The molecular weight excluding hydrogens is 244 g/mol. The van der Waals surface area contributed by atoms with Crippen LogP contribution in [0.1, 0.15) is 5.56 Å². The molecule has 0 fully saturated rings. The van der Waals surface area contributed by atoms with Crippen LogP contribution in [0, 0.1) is 0 Å². The van der Waals surface area contributed by atoms with E-state index in [1.54, 1.807) is 0 Å². The van der Waals surface area contributed by atoms with Crippen LogP contribution in [0.15, 0.2) is 23.0 Å². The van der Waals surface area contributed by atoms with Crippen LogP contribution in [0.25, 0.3) is 11.0 Å². The Kier molecular flexibility index (Phi) is 4.36. The number of nitrogens with one attached hydrogen (secondary N) is 2. The van der Waals surface area contributed by atoms with Crippen LogP contribution in [0.2, 0.25) is 0 Å². The number of aromatic amines is 2. The molecular formula is C13H20N4O2. The minimum Gasteiger partial charge on any atom is -0.395 e. The first-order chi connectivity index (χ1) is 9.08. The predicted octanol–water partition coefficient (Wildman–Crippen LogP) is -0.350. The molecule has 0 aliphatic heterocycles. The van der Waals surface area contributed by atoms with Gasteiger partial charge in [-0.3, -0.25) is 0 Å². The zero-order valence-electron chi connectivity index (χ0n) is 11.0. The van der Waals surface area contributed by atoms with Gasteiger partial charge < -0.3 is 25.7 Å². The molecule has 104 valence electrons. The van der Waals surface area contributed by atoms with Crippen molar-refractivity contribution < 1.29 is 5.11 Å². The normalized spacial score (nSPS) is 13.3.